The average molecular weight is 228 g/mol. The fourth-order valence-corrected chi connectivity index (χ4v) is 2.45. The number of hydrogen-bond acceptors (Lipinski definition) is 3. The van der Waals surface area contributed by atoms with Crippen molar-refractivity contribution in [3.63, 3.8) is 0 Å². The minimum absolute atomic E-state index is 0.0684. The second-order valence-electron chi connectivity index (χ2n) is 4.72. The highest BCUT2D eigenvalue weighted by Gasteiger charge is 2.31. The number of aliphatic hydroxyl groups is 1. The molecule has 4 N–H and O–H groups in total. The first-order chi connectivity index (χ1) is 7.69. The van der Waals surface area contributed by atoms with Gasteiger partial charge in [-0.1, -0.05) is 19.8 Å². The minimum Gasteiger partial charge on any atom is -0.391 e. The van der Waals surface area contributed by atoms with Crippen molar-refractivity contribution in [3.05, 3.63) is 0 Å². The summed E-state index contributed by atoms with van der Waals surface area (Å²) in [6.45, 7) is 2.99. The summed E-state index contributed by atoms with van der Waals surface area (Å²) < 4.78 is 0. The van der Waals surface area contributed by atoms with Gasteiger partial charge in [0.2, 0.25) is 5.91 Å². The van der Waals surface area contributed by atoms with Crippen molar-refractivity contribution in [2.75, 3.05) is 13.1 Å². The molecule has 1 aliphatic rings. The standard InChI is InChI=1S/C12H24N2O2/c1-2-4-10(15)8-14-12(16)11-6-3-5-9(11)7-13/h9-11,15H,2-8,13H2,1H3,(H,14,16). The smallest absolute Gasteiger partial charge is 0.223 e. The molecule has 3 atom stereocenters. The van der Waals surface area contributed by atoms with E-state index >= 15 is 0 Å². The molecule has 0 heterocycles. The minimum atomic E-state index is -0.410. The van der Waals surface area contributed by atoms with E-state index in [1.807, 2.05) is 6.92 Å². The molecule has 0 aromatic carbocycles. The normalized spacial score (nSPS) is 26.7. The number of carbonyl (C=O) groups excluding carboxylic acids is 1. The van der Waals surface area contributed by atoms with Crippen molar-refractivity contribution in [2.45, 2.75) is 45.1 Å². The van der Waals surface area contributed by atoms with Crippen molar-refractivity contribution in [3.8, 4) is 0 Å². The van der Waals surface area contributed by atoms with Crippen LogP contribution < -0.4 is 11.1 Å². The van der Waals surface area contributed by atoms with Crippen molar-refractivity contribution in [2.24, 2.45) is 17.6 Å². The summed E-state index contributed by atoms with van der Waals surface area (Å²) in [5, 5.41) is 12.4. The fraction of sp³-hybridized carbons (Fsp3) is 0.917. The molecule has 16 heavy (non-hydrogen) atoms. The van der Waals surface area contributed by atoms with Gasteiger partial charge in [-0.3, -0.25) is 4.79 Å². The van der Waals surface area contributed by atoms with E-state index in [9.17, 15) is 9.90 Å². The fourth-order valence-electron chi connectivity index (χ4n) is 2.45. The van der Waals surface area contributed by atoms with Crippen molar-refractivity contribution in [1.29, 1.82) is 0 Å². The Morgan fingerprint density at radius 1 is 1.56 bits per heavy atom. The molecule has 1 rings (SSSR count). The highest BCUT2D eigenvalue weighted by Crippen LogP contribution is 2.30. The maximum atomic E-state index is 11.8. The third-order valence-electron chi connectivity index (χ3n) is 3.43. The number of hydrogen-bond donors (Lipinski definition) is 3. The van der Waals surface area contributed by atoms with Gasteiger partial charge in [-0.2, -0.15) is 0 Å². The Bertz CT molecular complexity index is 221. The Hall–Kier alpha value is -0.610. The maximum absolute atomic E-state index is 11.8. The van der Waals surface area contributed by atoms with Crippen LogP contribution in [0.15, 0.2) is 0 Å². The van der Waals surface area contributed by atoms with Gasteiger partial charge in [-0.25, -0.2) is 0 Å². The van der Waals surface area contributed by atoms with Crippen LogP contribution in [0.4, 0.5) is 0 Å². The molecule has 4 heteroatoms. The Labute approximate surface area is 97.6 Å². The molecule has 1 aliphatic carbocycles. The van der Waals surface area contributed by atoms with Gasteiger partial charge >= 0.3 is 0 Å². The van der Waals surface area contributed by atoms with E-state index in [1.54, 1.807) is 0 Å². The van der Waals surface area contributed by atoms with Gasteiger partial charge in [0, 0.05) is 12.5 Å². The van der Waals surface area contributed by atoms with Crippen LogP contribution in [0.5, 0.6) is 0 Å². The Morgan fingerprint density at radius 2 is 2.31 bits per heavy atom. The lowest BCUT2D eigenvalue weighted by Gasteiger charge is -2.18. The summed E-state index contributed by atoms with van der Waals surface area (Å²) in [7, 11) is 0. The zero-order valence-corrected chi connectivity index (χ0v) is 10.1. The molecule has 3 unspecified atom stereocenters. The molecule has 0 radical (unpaired) electrons. The molecule has 0 saturated heterocycles. The van der Waals surface area contributed by atoms with E-state index < -0.39 is 6.10 Å². The van der Waals surface area contributed by atoms with E-state index in [0.717, 1.165) is 32.1 Å². The Kier molecular flexibility index (Phi) is 5.77. The first-order valence-corrected chi connectivity index (χ1v) is 6.34. The summed E-state index contributed by atoms with van der Waals surface area (Å²) in [5.41, 5.74) is 5.64. The van der Waals surface area contributed by atoms with Gasteiger partial charge in [0.05, 0.1) is 6.10 Å². The number of nitrogens with one attached hydrogen (secondary N) is 1. The molecule has 4 nitrogen and oxygen atoms in total. The monoisotopic (exact) mass is 228 g/mol. The zero-order chi connectivity index (χ0) is 12.0. The van der Waals surface area contributed by atoms with Gasteiger partial charge in [-0.15, -0.1) is 0 Å². The largest absolute Gasteiger partial charge is 0.391 e. The van der Waals surface area contributed by atoms with Gasteiger partial charge in [0.25, 0.3) is 0 Å². The van der Waals surface area contributed by atoms with Crippen molar-refractivity contribution >= 4 is 5.91 Å². The number of aliphatic hydroxyl groups excluding tert-OH is 1. The van der Waals surface area contributed by atoms with Crippen LogP contribution in [0.2, 0.25) is 0 Å². The van der Waals surface area contributed by atoms with E-state index in [2.05, 4.69) is 5.32 Å². The van der Waals surface area contributed by atoms with Gasteiger partial charge < -0.3 is 16.2 Å². The van der Waals surface area contributed by atoms with Crippen LogP contribution in [-0.4, -0.2) is 30.2 Å². The van der Waals surface area contributed by atoms with Gasteiger partial charge in [0.15, 0.2) is 0 Å². The first kappa shape index (κ1) is 13.5. The molecule has 0 aromatic rings. The maximum Gasteiger partial charge on any atom is 0.223 e. The van der Waals surface area contributed by atoms with Crippen LogP contribution in [0.25, 0.3) is 0 Å². The summed E-state index contributed by atoms with van der Waals surface area (Å²) >= 11 is 0. The second kappa shape index (κ2) is 6.86. The molecule has 94 valence electrons. The summed E-state index contributed by atoms with van der Waals surface area (Å²) in [6, 6.07) is 0. The summed E-state index contributed by atoms with van der Waals surface area (Å²) in [4.78, 5) is 11.8. The predicted molar refractivity (Wildman–Crippen MR) is 63.8 cm³/mol. The van der Waals surface area contributed by atoms with Crippen LogP contribution in [0.1, 0.15) is 39.0 Å². The molecule has 0 bridgehead atoms. The van der Waals surface area contributed by atoms with Crippen LogP contribution in [0.3, 0.4) is 0 Å². The molecule has 0 aliphatic heterocycles. The Balaban J connectivity index is 2.29. The topological polar surface area (TPSA) is 75.3 Å². The lowest BCUT2D eigenvalue weighted by atomic mass is 9.95. The molecular weight excluding hydrogens is 204 g/mol. The van der Waals surface area contributed by atoms with Gasteiger partial charge in [0.1, 0.15) is 0 Å². The van der Waals surface area contributed by atoms with Crippen molar-refractivity contribution < 1.29 is 9.90 Å². The molecular formula is C12H24N2O2. The number of rotatable bonds is 6. The van der Waals surface area contributed by atoms with E-state index in [0.29, 0.717) is 19.0 Å². The number of carbonyl (C=O) groups is 1. The lowest BCUT2D eigenvalue weighted by molar-refractivity contribution is -0.126. The molecule has 1 amide bonds. The third-order valence-corrected chi connectivity index (χ3v) is 3.43. The number of amides is 1. The zero-order valence-electron chi connectivity index (χ0n) is 10.1. The summed E-state index contributed by atoms with van der Waals surface area (Å²) in [6.07, 6.45) is 4.37. The first-order valence-electron chi connectivity index (χ1n) is 6.34. The second-order valence-corrected chi connectivity index (χ2v) is 4.72. The highest BCUT2D eigenvalue weighted by atomic mass is 16.3. The van der Waals surface area contributed by atoms with E-state index in [1.165, 1.54) is 0 Å². The number of nitrogens with two attached hydrogens (primary N) is 1. The molecule has 0 spiro atoms. The van der Waals surface area contributed by atoms with Crippen molar-refractivity contribution in [1.82, 2.24) is 5.32 Å². The average Bonchev–Trinajstić information content (AvgIpc) is 2.74. The SMILES string of the molecule is CCCC(O)CNC(=O)C1CCCC1CN. The quantitative estimate of drug-likeness (QED) is 0.624. The van der Waals surface area contributed by atoms with Gasteiger partial charge in [-0.05, 0) is 31.7 Å². The van der Waals surface area contributed by atoms with Crippen LogP contribution in [-0.2, 0) is 4.79 Å². The highest BCUT2D eigenvalue weighted by molar-refractivity contribution is 5.79. The summed E-state index contributed by atoms with van der Waals surface area (Å²) in [5.74, 6) is 0.477. The van der Waals surface area contributed by atoms with E-state index in [4.69, 9.17) is 5.73 Å². The molecule has 0 aromatic heterocycles. The lowest BCUT2D eigenvalue weighted by Crippen LogP contribution is -2.38. The van der Waals surface area contributed by atoms with E-state index in [-0.39, 0.29) is 11.8 Å². The molecule has 1 fully saturated rings. The van der Waals surface area contributed by atoms with Crippen LogP contribution in [0, 0.1) is 11.8 Å². The van der Waals surface area contributed by atoms with Crippen LogP contribution >= 0.6 is 0 Å². The predicted octanol–water partition coefficient (Wildman–Crippen LogP) is 0.639. The third kappa shape index (κ3) is 3.76. The molecule has 1 saturated carbocycles. The Morgan fingerprint density at radius 3 is 2.94 bits per heavy atom.